The van der Waals surface area contributed by atoms with E-state index < -0.39 is 0 Å². The molecule has 4 heteroatoms. The number of nitrogens with zero attached hydrogens (tertiary/aromatic N) is 3. The zero-order valence-corrected chi connectivity index (χ0v) is 12.3. The van der Waals surface area contributed by atoms with Crippen LogP contribution in [0, 0.1) is 0 Å². The Balaban J connectivity index is 2.09. The molecule has 0 spiro atoms. The first kappa shape index (κ1) is 14.3. The number of rotatable bonds is 5. The van der Waals surface area contributed by atoms with E-state index in [1.807, 2.05) is 19.2 Å². The van der Waals surface area contributed by atoms with E-state index in [1.165, 1.54) is 19.4 Å². The highest BCUT2D eigenvalue weighted by molar-refractivity contribution is 5.47. The standard InChI is InChI=1S/C15H26N4/c1-4-19-10-6-7-13(19)11-18(3)15-14(12(2)16)8-5-9-17-15/h5,8-9,12-13H,4,6-7,10-11,16H2,1-3H3/t12-,13?/m0/s1. The van der Waals surface area contributed by atoms with Crippen molar-refractivity contribution in [3.8, 4) is 0 Å². The molecule has 0 amide bonds. The minimum Gasteiger partial charge on any atom is -0.358 e. The maximum atomic E-state index is 6.04. The first-order chi connectivity index (χ1) is 9.13. The SMILES string of the molecule is CCN1CCCC1CN(C)c1ncccc1[C@H](C)N. The zero-order valence-electron chi connectivity index (χ0n) is 12.3. The van der Waals surface area contributed by atoms with Crippen LogP contribution in [0.25, 0.3) is 0 Å². The summed E-state index contributed by atoms with van der Waals surface area (Å²) in [5.41, 5.74) is 7.17. The summed E-state index contributed by atoms with van der Waals surface area (Å²) in [5.74, 6) is 1.03. The molecule has 19 heavy (non-hydrogen) atoms. The smallest absolute Gasteiger partial charge is 0.133 e. The fourth-order valence-corrected chi connectivity index (χ4v) is 3.00. The minimum absolute atomic E-state index is 0.0250. The molecule has 0 aromatic carbocycles. The van der Waals surface area contributed by atoms with Gasteiger partial charge in [0.15, 0.2) is 0 Å². The second kappa shape index (κ2) is 6.35. The summed E-state index contributed by atoms with van der Waals surface area (Å²) in [6, 6.07) is 4.72. The van der Waals surface area contributed by atoms with Gasteiger partial charge in [-0.15, -0.1) is 0 Å². The summed E-state index contributed by atoms with van der Waals surface area (Å²) < 4.78 is 0. The number of nitrogens with two attached hydrogens (primary N) is 1. The summed E-state index contributed by atoms with van der Waals surface area (Å²) in [6.45, 7) is 7.66. The molecule has 2 heterocycles. The van der Waals surface area contributed by atoms with E-state index in [2.05, 4.69) is 34.8 Å². The lowest BCUT2D eigenvalue weighted by Crippen LogP contribution is -2.39. The molecule has 1 unspecified atom stereocenters. The number of likely N-dealkylation sites (N-methyl/N-ethyl adjacent to an activating group) is 2. The lowest BCUT2D eigenvalue weighted by atomic mass is 10.1. The maximum absolute atomic E-state index is 6.04. The monoisotopic (exact) mass is 262 g/mol. The van der Waals surface area contributed by atoms with Crippen LogP contribution >= 0.6 is 0 Å². The van der Waals surface area contributed by atoms with Crippen molar-refractivity contribution in [2.45, 2.75) is 38.8 Å². The van der Waals surface area contributed by atoms with Crippen molar-refractivity contribution < 1.29 is 0 Å². The molecule has 1 aliphatic rings. The lowest BCUT2D eigenvalue weighted by molar-refractivity contribution is 0.270. The second-order valence-electron chi connectivity index (χ2n) is 5.51. The maximum Gasteiger partial charge on any atom is 0.133 e. The summed E-state index contributed by atoms with van der Waals surface area (Å²) >= 11 is 0. The van der Waals surface area contributed by atoms with E-state index in [0.717, 1.165) is 24.5 Å². The van der Waals surface area contributed by atoms with Crippen LogP contribution in [0.15, 0.2) is 18.3 Å². The third-order valence-corrected chi connectivity index (χ3v) is 4.06. The molecule has 1 fully saturated rings. The van der Waals surface area contributed by atoms with E-state index in [1.54, 1.807) is 0 Å². The first-order valence-electron chi connectivity index (χ1n) is 7.29. The number of hydrogen-bond donors (Lipinski definition) is 1. The highest BCUT2D eigenvalue weighted by Gasteiger charge is 2.25. The van der Waals surface area contributed by atoms with Gasteiger partial charge >= 0.3 is 0 Å². The van der Waals surface area contributed by atoms with Crippen molar-refractivity contribution in [1.82, 2.24) is 9.88 Å². The first-order valence-corrected chi connectivity index (χ1v) is 7.29. The third-order valence-electron chi connectivity index (χ3n) is 4.06. The van der Waals surface area contributed by atoms with E-state index in [9.17, 15) is 0 Å². The number of aromatic nitrogens is 1. The Morgan fingerprint density at radius 2 is 2.37 bits per heavy atom. The van der Waals surface area contributed by atoms with Crippen LogP contribution in [-0.2, 0) is 0 Å². The Bertz CT molecular complexity index is 405. The molecule has 1 aliphatic heterocycles. The topological polar surface area (TPSA) is 45.4 Å². The lowest BCUT2D eigenvalue weighted by Gasteiger charge is -2.29. The molecule has 2 atom stereocenters. The normalized spacial score (nSPS) is 21.6. The fraction of sp³-hybridized carbons (Fsp3) is 0.667. The van der Waals surface area contributed by atoms with E-state index in [0.29, 0.717) is 6.04 Å². The summed E-state index contributed by atoms with van der Waals surface area (Å²) in [4.78, 5) is 9.34. The molecule has 1 aromatic rings. The molecule has 1 saturated heterocycles. The van der Waals surface area contributed by atoms with Crippen LogP contribution in [0.5, 0.6) is 0 Å². The van der Waals surface area contributed by atoms with Crippen molar-refractivity contribution in [2.24, 2.45) is 5.73 Å². The predicted octanol–water partition coefficient (Wildman–Crippen LogP) is 2.02. The molecule has 1 aromatic heterocycles. The quantitative estimate of drug-likeness (QED) is 0.882. The number of hydrogen-bond acceptors (Lipinski definition) is 4. The van der Waals surface area contributed by atoms with E-state index >= 15 is 0 Å². The van der Waals surface area contributed by atoms with E-state index in [-0.39, 0.29) is 6.04 Å². The van der Waals surface area contributed by atoms with Gasteiger partial charge in [0.05, 0.1) is 0 Å². The summed E-state index contributed by atoms with van der Waals surface area (Å²) in [6.07, 6.45) is 4.46. The van der Waals surface area contributed by atoms with Crippen LogP contribution in [0.4, 0.5) is 5.82 Å². The minimum atomic E-state index is 0.0250. The van der Waals surface area contributed by atoms with Gasteiger partial charge in [0, 0.05) is 37.4 Å². The second-order valence-corrected chi connectivity index (χ2v) is 5.51. The van der Waals surface area contributed by atoms with Crippen molar-refractivity contribution in [3.63, 3.8) is 0 Å². The van der Waals surface area contributed by atoms with Crippen LogP contribution in [-0.4, -0.2) is 42.6 Å². The predicted molar refractivity (Wildman–Crippen MR) is 80.4 cm³/mol. The van der Waals surface area contributed by atoms with Gasteiger partial charge in [-0.1, -0.05) is 13.0 Å². The number of anilines is 1. The molecule has 0 aliphatic carbocycles. The highest BCUT2D eigenvalue weighted by atomic mass is 15.2. The molecule has 4 nitrogen and oxygen atoms in total. The van der Waals surface area contributed by atoms with Gasteiger partial charge in [0.2, 0.25) is 0 Å². The third kappa shape index (κ3) is 3.25. The van der Waals surface area contributed by atoms with Crippen LogP contribution in [0.1, 0.15) is 38.3 Å². The largest absolute Gasteiger partial charge is 0.358 e. The molecule has 2 rings (SSSR count). The van der Waals surface area contributed by atoms with Gasteiger partial charge < -0.3 is 10.6 Å². The molecule has 2 N–H and O–H groups in total. The zero-order chi connectivity index (χ0) is 13.8. The highest BCUT2D eigenvalue weighted by Crippen LogP contribution is 2.24. The van der Waals surface area contributed by atoms with Crippen molar-refractivity contribution >= 4 is 5.82 Å². The molecule has 106 valence electrons. The Kier molecular flexibility index (Phi) is 4.77. The Labute approximate surface area is 116 Å². The average Bonchev–Trinajstić information content (AvgIpc) is 2.85. The number of likely N-dealkylation sites (tertiary alicyclic amines) is 1. The van der Waals surface area contributed by atoms with Gasteiger partial charge in [-0.25, -0.2) is 4.98 Å². The van der Waals surface area contributed by atoms with Crippen LogP contribution in [0.3, 0.4) is 0 Å². The van der Waals surface area contributed by atoms with Crippen LogP contribution < -0.4 is 10.6 Å². The van der Waals surface area contributed by atoms with Gasteiger partial charge in [-0.3, -0.25) is 4.90 Å². The van der Waals surface area contributed by atoms with Crippen molar-refractivity contribution in [3.05, 3.63) is 23.9 Å². The van der Waals surface area contributed by atoms with Crippen LogP contribution in [0.2, 0.25) is 0 Å². The average molecular weight is 262 g/mol. The van der Waals surface area contributed by atoms with E-state index in [4.69, 9.17) is 5.73 Å². The van der Waals surface area contributed by atoms with Crippen molar-refractivity contribution in [1.29, 1.82) is 0 Å². The number of pyridine rings is 1. The summed E-state index contributed by atoms with van der Waals surface area (Å²) in [7, 11) is 2.13. The molecule has 0 bridgehead atoms. The summed E-state index contributed by atoms with van der Waals surface area (Å²) in [5, 5.41) is 0. The molecular formula is C15H26N4. The Morgan fingerprint density at radius 3 is 3.05 bits per heavy atom. The van der Waals surface area contributed by atoms with Crippen molar-refractivity contribution in [2.75, 3.05) is 31.6 Å². The molecule has 0 saturated carbocycles. The molecule has 0 radical (unpaired) electrons. The van der Waals surface area contributed by atoms with Gasteiger partial charge in [-0.05, 0) is 38.9 Å². The van der Waals surface area contributed by atoms with Gasteiger partial charge in [0.25, 0.3) is 0 Å². The fourth-order valence-electron chi connectivity index (χ4n) is 3.00. The Hall–Kier alpha value is -1.13. The van der Waals surface area contributed by atoms with Gasteiger partial charge in [0.1, 0.15) is 5.82 Å². The Morgan fingerprint density at radius 1 is 1.58 bits per heavy atom. The molecular weight excluding hydrogens is 236 g/mol. The van der Waals surface area contributed by atoms with Gasteiger partial charge in [-0.2, -0.15) is 0 Å².